The van der Waals surface area contributed by atoms with Crippen LogP contribution in [0.1, 0.15) is 0 Å². The minimum absolute atomic E-state index is 0.691. The summed E-state index contributed by atoms with van der Waals surface area (Å²) in [5, 5.41) is 0.842. The van der Waals surface area contributed by atoms with Gasteiger partial charge in [-0.2, -0.15) is 65.9 Å². The van der Waals surface area contributed by atoms with Crippen LogP contribution in [-0.2, 0) is 4.79 Å². The maximum atomic E-state index is 13.6. The normalized spacial score (nSPS) is 15.1. The Kier molecular flexibility index (Phi) is 6.33. The van der Waals surface area contributed by atoms with Crippen molar-refractivity contribution in [3.05, 3.63) is 30.3 Å². The number of hydrogen-bond donors (Lipinski definition) is 1. The summed E-state index contributed by atoms with van der Waals surface area (Å²) in [6, 6.07) is 4.48. The molecule has 1 aromatic carbocycles. The molecule has 0 saturated carbocycles. The van der Waals surface area contributed by atoms with E-state index >= 15 is 0 Å². The van der Waals surface area contributed by atoms with E-state index in [0.717, 1.165) is 17.4 Å². The van der Waals surface area contributed by atoms with Gasteiger partial charge in [0, 0.05) is 5.69 Å². The van der Waals surface area contributed by atoms with Gasteiger partial charge >= 0.3 is 47.6 Å². The van der Waals surface area contributed by atoms with Crippen LogP contribution in [0.25, 0.3) is 0 Å². The van der Waals surface area contributed by atoms with Gasteiger partial charge in [-0.15, -0.1) is 0 Å². The number of halogens is 15. The third-order valence-corrected chi connectivity index (χ3v) is 3.64. The second kappa shape index (κ2) is 7.36. The minimum Gasteiger partial charge on any atom is -0.321 e. The molecule has 0 aliphatic carbocycles. The van der Waals surface area contributed by atoms with Gasteiger partial charge in [0.25, 0.3) is 0 Å². The Morgan fingerprint density at radius 1 is 0.548 bits per heavy atom. The molecule has 0 fully saturated rings. The van der Waals surface area contributed by atoms with Gasteiger partial charge in [-0.05, 0) is 12.1 Å². The number of para-hydroxylation sites is 1. The average Bonchev–Trinajstić information content (AvgIpc) is 2.60. The molecule has 0 aromatic heterocycles. The second-order valence-electron chi connectivity index (χ2n) is 5.76. The predicted octanol–water partition coefficient (Wildman–Crippen LogP) is 6.00. The number of benzene rings is 1. The number of nitrogens with one attached hydrogen (secondary N) is 1. The lowest BCUT2D eigenvalue weighted by atomic mass is 9.91. The molecule has 1 amide bonds. The van der Waals surface area contributed by atoms with Crippen LogP contribution in [0.4, 0.5) is 71.5 Å². The Bertz CT molecular complexity index is 800. The first-order chi connectivity index (χ1) is 13.5. The van der Waals surface area contributed by atoms with E-state index in [1.54, 1.807) is 0 Å². The topological polar surface area (TPSA) is 29.1 Å². The van der Waals surface area contributed by atoms with Gasteiger partial charge < -0.3 is 5.32 Å². The Labute approximate surface area is 161 Å². The highest BCUT2D eigenvalue weighted by molar-refractivity contribution is 5.97. The van der Waals surface area contributed by atoms with Crippen molar-refractivity contribution in [1.29, 1.82) is 0 Å². The Balaban J connectivity index is 3.48. The largest absolute Gasteiger partial charge is 0.460 e. The molecule has 31 heavy (non-hydrogen) atoms. The van der Waals surface area contributed by atoms with Gasteiger partial charge in [0.2, 0.25) is 0 Å². The van der Waals surface area contributed by atoms with Gasteiger partial charge in [-0.3, -0.25) is 4.79 Å². The number of anilines is 1. The molecule has 2 nitrogen and oxygen atoms in total. The van der Waals surface area contributed by atoms with Crippen LogP contribution in [-0.4, -0.2) is 47.6 Å². The van der Waals surface area contributed by atoms with E-state index in [1.165, 1.54) is 6.07 Å². The van der Waals surface area contributed by atoms with Crippen molar-refractivity contribution in [3.63, 3.8) is 0 Å². The van der Waals surface area contributed by atoms with Crippen LogP contribution in [0.5, 0.6) is 0 Å². The van der Waals surface area contributed by atoms with E-state index in [4.69, 9.17) is 0 Å². The van der Waals surface area contributed by atoms with Crippen LogP contribution >= 0.6 is 0 Å². The molecule has 0 saturated heterocycles. The molecule has 1 N–H and O–H groups in total. The fraction of sp³-hybridized carbons (Fsp3) is 0.500. The van der Waals surface area contributed by atoms with Crippen molar-refractivity contribution in [3.8, 4) is 0 Å². The fourth-order valence-electron chi connectivity index (χ4n) is 1.84. The molecule has 0 spiro atoms. The quantitative estimate of drug-likeness (QED) is 0.468. The van der Waals surface area contributed by atoms with Crippen LogP contribution in [0, 0.1) is 0 Å². The summed E-state index contributed by atoms with van der Waals surface area (Å²) in [4.78, 5) is 11.2. The maximum absolute atomic E-state index is 13.6. The summed E-state index contributed by atoms with van der Waals surface area (Å²) >= 11 is 0. The molecule has 17 heteroatoms. The first kappa shape index (κ1) is 26.7. The summed E-state index contributed by atoms with van der Waals surface area (Å²) in [5.41, 5.74) is -0.813. The van der Waals surface area contributed by atoms with Crippen molar-refractivity contribution in [2.45, 2.75) is 41.7 Å². The summed E-state index contributed by atoms with van der Waals surface area (Å²) in [5.74, 6) is -51.5. The van der Waals surface area contributed by atoms with Crippen LogP contribution < -0.4 is 5.32 Å². The molecule has 0 heterocycles. The van der Waals surface area contributed by atoms with E-state index in [1.807, 2.05) is 0 Å². The molecule has 0 aliphatic heterocycles. The molecule has 0 bridgehead atoms. The first-order valence-electron chi connectivity index (χ1n) is 7.20. The number of alkyl halides is 15. The standard InChI is InChI=1S/C14H6F15NO/c15-8(16,7(31)30-6-4-2-1-3-5-6)9(17,18)10(19,20)11(21,22)12(23,24)13(25,26)14(27,28)29/h1-5H,(H,30,31). The molecule has 0 unspecified atom stereocenters. The number of hydrogen-bond acceptors (Lipinski definition) is 1. The average molecular weight is 489 g/mol. The molecule has 1 rings (SSSR count). The van der Waals surface area contributed by atoms with Gasteiger partial charge in [0.15, 0.2) is 0 Å². The van der Waals surface area contributed by atoms with E-state index < -0.39 is 53.3 Å². The first-order valence-corrected chi connectivity index (χ1v) is 7.20. The lowest BCUT2D eigenvalue weighted by Gasteiger charge is -2.41. The molecular formula is C14H6F15NO. The highest BCUT2D eigenvalue weighted by Crippen LogP contribution is 2.62. The zero-order chi connectivity index (χ0) is 24.9. The molecule has 0 atom stereocenters. The lowest BCUT2D eigenvalue weighted by Crippen LogP contribution is -2.73. The smallest absolute Gasteiger partial charge is 0.321 e. The second-order valence-corrected chi connectivity index (χ2v) is 5.76. The van der Waals surface area contributed by atoms with Gasteiger partial charge in [0.05, 0.1) is 0 Å². The van der Waals surface area contributed by atoms with Crippen LogP contribution in [0.15, 0.2) is 30.3 Å². The molecule has 178 valence electrons. The molecular weight excluding hydrogens is 483 g/mol. The third kappa shape index (κ3) is 3.75. The molecule has 1 aromatic rings. The van der Waals surface area contributed by atoms with Gasteiger partial charge in [-0.1, -0.05) is 18.2 Å². The zero-order valence-electron chi connectivity index (χ0n) is 14.0. The van der Waals surface area contributed by atoms with Crippen molar-refractivity contribution >= 4 is 11.6 Å². The van der Waals surface area contributed by atoms with E-state index in [2.05, 4.69) is 0 Å². The number of carbonyl (C=O) groups is 1. The Morgan fingerprint density at radius 2 is 0.903 bits per heavy atom. The van der Waals surface area contributed by atoms with E-state index in [9.17, 15) is 70.7 Å². The summed E-state index contributed by atoms with van der Waals surface area (Å²) in [6.07, 6.45) is -7.68. The highest BCUT2D eigenvalue weighted by atomic mass is 19.4. The van der Waals surface area contributed by atoms with Gasteiger partial charge in [0.1, 0.15) is 0 Å². The highest BCUT2D eigenvalue weighted by Gasteiger charge is 2.94. The summed E-state index contributed by atoms with van der Waals surface area (Å²) in [6.45, 7) is 0. The number of amides is 1. The van der Waals surface area contributed by atoms with Crippen LogP contribution in [0.2, 0.25) is 0 Å². The summed E-state index contributed by atoms with van der Waals surface area (Å²) < 4.78 is 195. The van der Waals surface area contributed by atoms with Crippen LogP contribution in [0.3, 0.4) is 0 Å². The van der Waals surface area contributed by atoms with Crippen molar-refractivity contribution in [1.82, 2.24) is 0 Å². The summed E-state index contributed by atoms with van der Waals surface area (Å²) in [7, 11) is 0. The van der Waals surface area contributed by atoms with Crippen molar-refractivity contribution in [2.24, 2.45) is 0 Å². The Hall–Kier alpha value is -2.36. The lowest BCUT2D eigenvalue weighted by molar-refractivity contribution is -0.449. The zero-order valence-corrected chi connectivity index (χ0v) is 14.0. The number of carbonyl (C=O) groups excluding carboxylic acids is 1. The monoisotopic (exact) mass is 489 g/mol. The van der Waals surface area contributed by atoms with Crippen molar-refractivity contribution < 1.29 is 70.7 Å². The fourth-order valence-corrected chi connectivity index (χ4v) is 1.84. The van der Waals surface area contributed by atoms with E-state index in [0.29, 0.717) is 12.1 Å². The number of rotatable bonds is 7. The van der Waals surface area contributed by atoms with Gasteiger partial charge in [-0.25, -0.2) is 0 Å². The molecule has 0 radical (unpaired) electrons. The molecule has 0 aliphatic rings. The van der Waals surface area contributed by atoms with Crippen molar-refractivity contribution in [2.75, 3.05) is 5.32 Å². The predicted molar refractivity (Wildman–Crippen MR) is 70.8 cm³/mol. The van der Waals surface area contributed by atoms with E-state index in [-0.39, 0.29) is 0 Å². The third-order valence-electron chi connectivity index (χ3n) is 3.64. The minimum atomic E-state index is -8.43. The Morgan fingerprint density at radius 3 is 1.29 bits per heavy atom. The SMILES string of the molecule is O=C(Nc1ccccc1)C(F)(F)C(F)(F)C(F)(F)C(F)(F)C(F)(F)C(F)(F)C(F)(F)F. The maximum Gasteiger partial charge on any atom is 0.460 e.